The molecule has 1 aromatic carbocycles. The van der Waals surface area contributed by atoms with Gasteiger partial charge in [-0.1, -0.05) is 6.92 Å². The Labute approximate surface area is 116 Å². The molecule has 0 saturated heterocycles. The zero-order valence-corrected chi connectivity index (χ0v) is 11.6. The number of nitrogen functional groups attached to an aromatic ring is 1. The minimum absolute atomic E-state index is 0.497. The van der Waals surface area contributed by atoms with Gasteiger partial charge in [-0.25, -0.2) is 0 Å². The molecule has 0 aliphatic rings. The van der Waals surface area contributed by atoms with Crippen LogP contribution in [0, 0.1) is 0 Å². The number of hydrogen-bond donors (Lipinski definition) is 2. The number of nitrogens with zero attached hydrogens (tertiary/aromatic N) is 3. The van der Waals surface area contributed by atoms with Gasteiger partial charge >= 0.3 is 0 Å². The van der Waals surface area contributed by atoms with Gasteiger partial charge in [0.2, 0.25) is 0 Å². The summed E-state index contributed by atoms with van der Waals surface area (Å²) in [4.78, 5) is 4.37. The maximum atomic E-state index is 5.72. The Bertz CT molecular complexity index is 743. The maximum absolute atomic E-state index is 5.72. The standard InChI is InChI=1S/C14H17N5O/c1-3-11-9(8-19(2)18-11)7-16-14-17-12-5-4-10(15)6-13(12)20-14/h4-6,8H,3,7,15H2,1-2H3,(H,16,17). The van der Waals surface area contributed by atoms with Crippen LogP contribution in [-0.2, 0) is 20.0 Å². The third-order valence-corrected chi connectivity index (χ3v) is 3.17. The molecule has 20 heavy (non-hydrogen) atoms. The van der Waals surface area contributed by atoms with Gasteiger partial charge in [-0.05, 0) is 18.6 Å². The van der Waals surface area contributed by atoms with Gasteiger partial charge in [0.15, 0.2) is 5.58 Å². The molecule has 6 nitrogen and oxygen atoms in total. The predicted octanol–water partition coefficient (Wildman–Crippen LogP) is 2.32. The lowest BCUT2D eigenvalue weighted by atomic mass is 10.2. The molecule has 0 aliphatic carbocycles. The molecule has 3 aromatic rings. The molecule has 6 heteroatoms. The average Bonchev–Trinajstić information content (AvgIpc) is 2.98. The second-order valence-corrected chi connectivity index (χ2v) is 4.73. The van der Waals surface area contributed by atoms with Crippen LogP contribution < -0.4 is 11.1 Å². The number of oxazole rings is 1. The molecular formula is C14H17N5O. The Kier molecular flexibility index (Phi) is 3.06. The first-order valence-corrected chi connectivity index (χ1v) is 6.57. The van der Waals surface area contributed by atoms with Crippen molar-refractivity contribution < 1.29 is 4.42 Å². The van der Waals surface area contributed by atoms with Crippen molar-refractivity contribution in [1.82, 2.24) is 14.8 Å². The molecule has 2 aromatic heterocycles. The molecule has 104 valence electrons. The third-order valence-electron chi connectivity index (χ3n) is 3.17. The normalized spacial score (nSPS) is 11.1. The maximum Gasteiger partial charge on any atom is 0.295 e. The quantitative estimate of drug-likeness (QED) is 0.712. The number of benzene rings is 1. The zero-order chi connectivity index (χ0) is 14.1. The first-order chi connectivity index (χ1) is 9.65. The molecular weight excluding hydrogens is 254 g/mol. The van der Waals surface area contributed by atoms with Crippen LogP contribution in [0.25, 0.3) is 11.1 Å². The Hall–Kier alpha value is -2.50. The highest BCUT2D eigenvalue weighted by atomic mass is 16.4. The summed E-state index contributed by atoms with van der Waals surface area (Å²) < 4.78 is 7.44. The van der Waals surface area contributed by atoms with Crippen LogP contribution >= 0.6 is 0 Å². The summed E-state index contributed by atoms with van der Waals surface area (Å²) >= 11 is 0. The van der Waals surface area contributed by atoms with E-state index in [4.69, 9.17) is 10.2 Å². The number of aromatic nitrogens is 3. The van der Waals surface area contributed by atoms with Crippen LogP contribution in [0.5, 0.6) is 0 Å². The van der Waals surface area contributed by atoms with Crippen LogP contribution in [0.1, 0.15) is 18.2 Å². The number of anilines is 2. The number of aryl methyl sites for hydroxylation is 2. The van der Waals surface area contributed by atoms with Crippen LogP contribution in [-0.4, -0.2) is 14.8 Å². The minimum atomic E-state index is 0.497. The van der Waals surface area contributed by atoms with E-state index in [0.29, 0.717) is 23.8 Å². The topological polar surface area (TPSA) is 81.9 Å². The number of rotatable bonds is 4. The second-order valence-electron chi connectivity index (χ2n) is 4.73. The van der Waals surface area contributed by atoms with Crippen molar-refractivity contribution >= 4 is 22.8 Å². The monoisotopic (exact) mass is 271 g/mol. The molecule has 0 atom stereocenters. The van der Waals surface area contributed by atoms with Gasteiger partial charge in [0.05, 0.1) is 5.69 Å². The van der Waals surface area contributed by atoms with E-state index in [-0.39, 0.29) is 0 Å². The van der Waals surface area contributed by atoms with Crippen LogP contribution in [0.3, 0.4) is 0 Å². The largest absolute Gasteiger partial charge is 0.423 e. The average molecular weight is 271 g/mol. The molecule has 0 spiro atoms. The Balaban J connectivity index is 1.79. The van der Waals surface area contributed by atoms with E-state index < -0.39 is 0 Å². The number of hydrogen-bond acceptors (Lipinski definition) is 5. The van der Waals surface area contributed by atoms with Crippen molar-refractivity contribution in [1.29, 1.82) is 0 Å². The van der Waals surface area contributed by atoms with Gasteiger partial charge in [-0.3, -0.25) is 4.68 Å². The van der Waals surface area contributed by atoms with E-state index in [1.165, 1.54) is 0 Å². The smallest absolute Gasteiger partial charge is 0.295 e. The van der Waals surface area contributed by atoms with E-state index in [1.54, 1.807) is 6.07 Å². The van der Waals surface area contributed by atoms with Crippen molar-refractivity contribution in [3.63, 3.8) is 0 Å². The van der Waals surface area contributed by atoms with E-state index >= 15 is 0 Å². The van der Waals surface area contributed by atoms with Crippen molar-refractivity contribution in [3.05, 3.63) is 35.7 Å². The van der Waals surface area contributed by atoms with E-state index in [0.717, 1.165) is 23.2 Å². The Morgan fingerprint density at radius 3 is 3.05 bits per heavy atom. The fraction of sp³-hybridized carbons (Fsp3) is 0.286. The summed E-state index contributed by atoms with van der Waals surface area (Å²) in [6.07, 6.45) is 2.91. The van der Waals surface area contributed by atoms with Crippen LogP contribution in [0.15, 0.2) is 28.8 Å². The van der Waals surface area contributed by atoms with Crippen LogP contribution in [0.2, 0.25) is 0 Å². The minimum Gasteiger partial charge on any atom is -0.423 e. The molecule has 0 aliphatic heterocycles. The molecule has 0 unspecified atom stereocenters. The van der Waals surface area contributed by atoms with E-state index in [9.17, 15) is 0 Å². The van der Waals surface area contributed by atoms with Crippen LogP contribution in [0.4, 0.5) is 11.7 Å². The molecule has 3 N–H and O–H groups in total. The summed E-state index contributed by atoms with van der Waals surface area (Å²) in [6, 6.07) is 5.93. The first kappa shape index (κ1) is 12.5. The van der Waals surface area contributed by atoms with Gasteiger partial charge in [0, 0.05) is 37.1 Å². The molecule has 0 radical (unpaired) electrons. The first-order valence-electron chi connectivity index (χ1n) is 6.57. The lowest BCUT2D eigenvalue weighted by Crippen LogP contribution is -2.01. The summed E-state index contributed by atoms with van der Waals surface area (Å²) in [5, 5.41) is 7.59. The Morgan fingerprint density at radius 1 is 1.40 bits per heavy atom. The predicted molar refractivity (Wildman–Crippen MR) is 78.3 cm³/mol. The third kappa shape index (κ3) is 2.32. The molecule has 0 amide bonds. The van der Waals surface area contributed by atoms with Crippen molar-refractivity contribution in [2.45, 2.75) is 19.9 Å². The summed E-state index contributed by atoms with van der Waals surface area (Å²) in [5.41, 5.74) is 10.1. The van der Waals surface area contributed by atoms with Gasteiger partial charge in [-0.15, -0.1) is 0 Å². The summed E-state index contributed by atoms with van der Waals surface area (Å²) in [5.74, 6) is 0. The van der Waals surface area contributed by atoms with Crippen molar-refractivity contribution in [2.24, 2.45) is 7.05 Å². The van der Waals surface area contributed by atoms with E-state index in [1.807, 2.05) is 30.1 Å². The molecule has 3 rings (SSSR count). The van der Waals surface area contributed by atoms with Gasteiger partial charge in [-0.2, -0.15) is 10.1 Å². The fourth-order valence-corrected chi connectivity index (χ4v) is 2.22. The highest BCUT2D eigenvalue weighted by Crippen LogP contribution is 2.21. The number of nitrogens with one attached hydrogen (secondary N) is 1. The van der Waals surface area contributed by atoms with Gasteiger partial charge in [0.1, 0.15) is 5.52 Å². The van der Waals surface area contributed by atoms with Crippen molar-refractivity contribution in [3.8, 4) is 0 Å². The van der Waals surface area contributed by atoms with Gasteiger partial charge in [0.25, 0.3) is 6.01 Å². The second kappa shape index (κ2) is 4.88. The van der Waals surface area contributed by atoms with Crippen molar-refractivity contribution in [2.75, 3.05) is 11.1 Å². The summed E-state index contributed by atoms with van der Waals surface area (Å²) in [6.45, 7) is 2.73. The lowest BCUT2D eigenvalue weighted by molar-refractivity contribution is 0.614. The molecule has 0 saturated carbocycles. The molecule has 0 fully saturated rings. The highest BCUT2D eigenvalue weighted by molar-refractivity contribution is 5.78. The fourth-order valence-electron chi connectivity index (χ4n) is 2.22. The number of nitrogens with two attached hydrogens (primary N) is 1. The Morgan fingerprint density at radius 2 is 2.25 bits per heavy atom. The highest BCUT2D eigenvalue weighted by Gasteiger charge is 2.09. The SMILES string of the molecule is CCc1nn(C)cc1CNc1nc2ccc(N)cc2o1. The molecule has 2 heterocycles. The number of fused-ring (bicyclic) bond motifs is 1. The lowest BCUT2D eigenvalue weighted by Gasteiger charge is -2.00. The van der Waals surface area contributed by atoms with Gasteiger partial charge < -0.3 is 15.5 Å². The zero-order valence-electron chi connectivity index (χ0n) is 11.6. The molecule has 0 bridgehead atoms. The van der Waals surface area contributed by atoms with E-state index in [2.05, 4.69) is 22.3 Å². The summed E-state index contributed by atoms with van der Waals surface area (Å²) in [7, 11) is 1.92.